The molecule has 0 unspecified atom stereocenters. The van der Waals surface area contributed by atoms with Crippen LogP contribution in [0.3, 0.4) is 0 Å². The number of rotatable bonds is 11. The van der Waals surface area contributed by atoms with Crippen LogP contribution < -0.4 is 15.5 Å². The SMILES string of the molecule is COC(=O)N[C@H]1CCC[C@@H]1[C@](CN1CCC1)(c1cccc(F)c1)C1CCN(CC2CN(c3ccc(CC4CNC4)cc3)C2)CC1. The summed E-state index contributed by atoms with van der Waals surface area (Å²) in [4.78, 5) is 20.2. The Bertz CT molecular complexity index is 1290. The van der Waals surface area contributed by atoms with Gasteiger partial charge in [-0.05, 0) is 131 Å². The van der Waals surface area contributed by atoms with Crippen molar-refractivity contribution in [3.8, 4) is 0 Å². The van der Waals surface area contributed by atoms with E-state index in [0.29, 0.717) is 11.8 Å². The van der Waals surface area contributed by atoms with Crippen LogP contribution in [-0.4, -0.2) is 94.5 Å². The van der Waals surface area contributed by atoms with E-state index in [1.807, 2.05) is 6.07 Å². The number of nitrogens with one attached hydrogen (secondary N) is 2. The molecule has 7 nitrogen and oxygen atoms in total. The van der Waals surface area contributed by atoms with E-state index >= 15 is 0 Å². The maximum atomic E-state index is 14.9. The summed E-state index contributed by atoms with van der Waals surface area (Å²) < 4.78 is 20.0. The molecule has 2 N–H and O–H groups in total. The summed E-state index contributed by atoms with van der Waals surface area (Å²) in [6, 6.07) is 16.8. The Morgan fingerprint density at radius 1 is 0.956 bits per heavy atom. The first-order chi connectivity index (χ1) is 22.0. The van der Waals surface area contributed by atoms with Gasteiger partial charge in [0.15, 0.2) is 0 Å². The molecule has 4 heterocycles. The minimum atomic E-state index is -0.351. The van der Waals surface area contributed by atoms with Gasteiger partial charge < -0.3 is 30.1 Å². The van der Waals surface area contributed by atoms with Crippen LogP contribution in [0.15, 0.2) is 48.5 Å². The highest BCUT2D eigenvalue weighted by molar-refractivity contribution is 5.67. The fourth-order valence-corrected chi connectivity index (χ4v) is 9.30. The van der Waals surface area contributed by atoms with E-state index in [0.717, 1.165) is 109 Å². The molecular weight excluding hydrogens is 565 g/mol. The van der Waals surface area contributed by atoms with Gasteiger partial charge >= 0.3 is 6.09 Å². The topological polar surface area (TPSA) is 60.1 Å². The van der Waals surface area contributed by atoms with Gasteiger partial charge in [-0.3, -0.25) is 0 Å². The fraction of sp³-hybridized carbons (Fsp3) is 0.649. The molecule has 4 saturated heterocycles. The highest BCUT2D eigenvalue weighted by Crippen LogP contribution is 2.51. The number of nitrogens with zero attached hydrogens (tertiary/aromatic N) is 3. The zero-order chi connectivity index (χ0) is 30.8. The molecule has 0 radical (unpaired) electrons. The van der Waals surface area contributed by atoms with E-state index in [9.17, 15) is 9.18 Å². The number of halogens is 1. The molecule has 0 bridgehead atoms. The van der Waals surface area contributed by atoms with Gasteiger partial charge in [-0.2, -0.15) is 0 Å². The number of likely N-dealkylation sites (tertiary alicyclic amines) is 2. The van der Waals surface area contributed by atoms with Crippen LogP contribution in [0.25, 0.3) is 0 Å². The van der Waals surface area contributed by atoms with Crippen LogP contribution in [0.4, 0.5) is 14.9 Å². The summed E-state index contributed by atoms with van der Waals surface area (Å²) in [5.74, 6) is 2.05. The van der Waals surface area contributed by atoms with E-state index in [1.165, 1.54) is 31.2 Å². The first-order valence-electron chi connectivity index (χ1n) is 17.6. The third kappa shape index (κ3) is 6.61. The largest absolute Gasteiger partial charge is 0.453 e. The first kappa shape index (κ1) is 30.9. The fourth-order valence-electron chi connectivity index (χ4n) is 9.30. The van der Waals surface area contributed by atoms with Crippen molar-refractivity contribution in [2.24, 2.45) is 23.7 Å². The summed E-state index contributed by atoms with van der Waals surface area (Å²) in [5.41, 5.74) is 3.74. The molecule has 7 rings (SSSR count). The van der Waals surface area contributed by atoms with Crippen molar-refractivity contribution in [2.75, 3.05) is 77.5 Å². The highest BCUT2D eigenvalue weighted by atomic mass is 19.1. The number of benzene rings is 2. The number of amides is 1. The summed E-state index contributed by atoms with van der Waals surface area (Å²) in [7, 11) is 1.45. The van der Waals surface area contributed by atoms with Gasteiger partial charge in [0.2, 0.25) is 0 Å². The molecule has 5 aliphatic rings. The van der Waals surface area contributed by atoms with Crippen LogP contribution in [-0.2, 0) is 16.6 Å². The maximum Gasteiger partial charge on any atom is 0.407 e. The molecule has 1 saturated carbocycles. The van der Waals surface area contributed by atoms with E-state index in [-0.39, 0.29) is 29.3 Å². The standard InChI is InChI=1S/C37H52FN5O2/c1-45-36(44)40-35-8-3-7-34(35)37(26-42-15-4-16-42,31-5-2-6-32(38)20-31)30-13-17-41(18-14-30)23-29-24-43(25-29)33-11-9-27(10-12-33)19-28-21-39-22-28/h2,5-6,9-12,20,28-30,34-35,39H,3-4,7-8,13-19,21-26H2,1H3,(H,40,44)/t34-,35-,37-/m0/s1. The average Bonchev–Trinajstić information content (AvgIpc) is 3.45. The smallest absolute Gasteiger partial charge is 0.407 e. The van der Waals surface area contributed by atoms with Gasteiger partial charge in [0, 0.05) is 49.2 Å². The molecule has 3 atom stereocenters. The number of hydrogen-bond acceptors (Lipinski definition) is 6. The van der Waals surface area contributed by atoms with Crippen molar-refractivity contribution in [1.82, 2.24) is 20.4 Å². The molecule has 8 heteroatoms. The Kier molecular flexibility index (Phi) is 9.34. The van der Waals surface area contributed by atoms with Crippen molar-refractivity contribution >= 4 is 11.8 Å². The molecular formula is C37H52FN5O2. The third-order valence-electron chi connectivity index (χ3n) is 11.9. The van der Waals surface area contributed by atoms with Gasteiger partial charge in [-0.1, -0.05) is 30.7 Å². The molecule has 0 aromatic heterocycles. The Hall–Kier alpha value is -2.68. The Morgan fingerprint density at radius 2 is 1.73 bits per heavy atom. The summed E-state index contributed by atoms with van der Waals surface area (Å²) in [5, 5.41) is 6.59. The lowest BCUT2D eigenvalue weighted by Crippen LogP contribution is -2.60. The maximum absolute atomic E-state index is 14.9. The number of piperidine rings is 1. The van der Waals surface area contributed by atoms with Crippen LogP contribution in [0.2, 0.25) is 0 Å². The predicted octanol–water partition coefficient (Wildman–Crippen LogP) is 4.90. The first-order valence-corrected chi connectivity index (χ1v) is 17.6. The van der Waals surface area contributed by atoms with E-state index in [4.69, 9.17) is 4.74 Å². The van der Waals surface area contributed by atoms with Gasteiger partial charge in [0.05, 0.1) is 7.11 Å². The van der Waals surface area contributed by atoms with Crippen molar-refractivity contribution in [3.63, 3.8) is 0 Å². The average molecular weight is 618 g/mol. The zero-order valence-corrected chi connectivity index (χ0v) is 27.1. The quantitative estimate of drug-likeness (QED) is 0.374. The second kappa shape index (κ2) is 13.6. The van der Waals surface area contributed by atoms with Crippen LogP contribution in [0, 0.1) is 29.5 Å². The Balaban J connectivity index is 1.02. The third-order valence-corrected chi connectivity index (χ3v) is 11.9. The van der Waals surface area contributed by atoms with E-state index in [2.05, 4.69) is 55.7 Å². The number of ether oxygens (including phenoxy) is 1. The van der Waals surface area contributed by atoms with Crippen molar-refractivity contribution < 1.29 is 13.9 Å². The van der Waals surface area contributed by atoms with Gasteiger partial charge in [0.1, 0.15) is 5.82 Å². The minimum absolute atomic E-state index is 0.0465. The molecule has 5 fully saturated rings. The lowest BCUT2D eigenvalue weighted by Gasteiger charge is -2.54. The molecule has 1 aliphatic carbocycles. The summed E-state index contributed by atoms with van der Waals surface area (Å²) in [6.45, 7) is 11.1. The minimum Gasteiger partial charge on any atom is -0.453 e. The van der Waals surface area contributed by atoms with Crippen LogP contribution in [0.5, 0.6) is 0 Å². The van der Waals surface area contributed by atoms with Gasteiger partial charge in [-0.15, -0.1) is 0 Å². The Labute approximate surface area is 268 Å². The highest BCUT2D eigenvalue weighted by Gasteiger charge is 2.53. The van der Waals surface area contributed by atoms with Crippen LogP contribution in [0.1, 0.15) is 49.7 Å². The lowest BCUT2D eigenvalue weighted by atomic mass is 9.57. The lowest BCUT2D eigenvalue weighted by molar-refractivity contribution is 0.0223. The number of alkyl carbamates (subject to hydrolysis) is 1. The molecule has 2 aromatic carbocycles. The van der Waals surface area contributed by atoms with E-state index < -0.39 is 0 Å². The van der Waals surface area contributed by atoms with Gasteiger partial charge in [-0.25, -0.2) is 9.18 Å². The molecule has 0 spiro atoms. The van der Waals surface area contributed by atoms with E-state index in [1.54, 1.807) is 12.1 Å². The predicted molar refractivity (Wildman–Crippen MR) is 177 cm³/mol. The number of carbonyl (C=O) groups is 1. The zero-order valence-electron chi connectivity index (χ0n) is 27.1. The molecule has 1 amide bonds. The summed E-state index contributed by atoms with van der Waals surface area (Å²) >= 11 is 0. The molecule has 45 heavy (non-hydrogen) atoms. The second-order valence-corrected chi connectivity index (χ2v) is 14.7. The van der Waals surface area contributed by atoms with Crippen molar-refractivity contribution in [1.29, 1.82) is 0 Å². The van der Waals surface area contributed by atoms with Crippen molar-refractivity contribution in [3.05, 3.63) is 65.5 Å². The Morgan fingerprint density at radius 3 is 2.38 bits per heavy atom. The van der Waals surface area contributed by atoms with Crippen LogP contribution >= 0.6 is 0 Å². The number of carbonyl (C=O) groups excluding carboxylic acids is 1. The number of anilines is 1. The molecule has 244 valence electrons. The van der Waals surface area contributed by atoms with Gasteiger partial charge in [0.25, 0.3) is 0 Å². The second-order valence-electron chi connectivity index (χ2n) is 14.7. The van der Waals surface area contributed by atoms with Crippen molar-refractivity contribution in [2.45, 2.75) is 56.4 Å². The number of methoxy groups -OCH3 is 1. The molecule has 2 aromatic rings. The summed E-state index contributed by atoms with van der Waals surface area (Å²) in [6.07, 6.45) is 7.37. The normalized spacial score (nSPS) is 26.5. The number of hydrogen-bond donors (Lipinski definition) is 2. The monoisotopic (exact) mass is 617 g/mol. The molecule has 4 aliphatic heterocycles.